The van der Waals surface area contributed by atoms with Gasteiger partial charge in [0.15, 0.2) is 0 Å². The molecule has 49 heavy (non-hydrogen) atoms. The highest BCUT2D eigenvalue weighted by Crippen LogP contribution is 2.42. The SMILES string of the molecule is C=C(C)c1ccc(-c2ccc(C(=C)n3c(-c4ccccc4C)nc(-c4ccc5ccccc5c4)c3-c3ccc4ccccc4c3)cc2)cc1. The second kappa shape index (κ2) is 12.4. The van der Waals surface area contributed by atoms with Gasteiger partial charge < -0.3 is 0 Å². The van der Waals surface area contributed by atoms with Crippen molar-refractivity contribution in [3.63, 3.8) is 0 Å². The van der Waals surface area contributed by atoms with Crippen LogP contribution in [0.3, 0.4) is 0 Å². The zero-order valence-corrected chi connectivity index (χ0v) is 27.8. The Hall–Kier alpha value is -6.25. The molecule has 1 aromatic heterocycles. The van der Waals surface area contributed by atoms with Gasteiger partial charge in [0, 0.05) is 22.4 Å². The number of hydrogen-bond donors (Lipinski definition) is 0. The number of imidazole rings is 1. The van der Waals surface area contributed by atoms with Crippen LogP contribution in [0.25, 0.3) is 77.8 Å². The highest BCUT2D eigenvalue weighted by molar-refractivity contribution is 5.95. The Bertz CT molecular complexity index is 2530. The largest absolute Gasteiger partial charge is 0.292 e. The van der Waals surface area contributed by atoms with Crippen LogP contribution in [-0.4, -0.2) is 9.55 Å². The summed E-state index contributed by atoms with van der Waals surface area (Å²) in [5.41, 5.74) is 12.8. The molecule has 2 heteroatoms. The molecule has 2 nitrogen and oxygen atoms in total. The maximum absolute atomic E-state index is 5.50. The minimum atomic E-state index is 0.866. The van der Waals surface area contributed by atoms with E-state index in [1.165, 1.54) is 27.1 Å². The van der Waals surface area contributed by atoms with Gasteiger partial charge in [-0.25, -0.2) is 4.98 Å². The number of nitrogens with zero attached hydrogens (tertiary/aromatic N) is 2. The van der Waals surface area contributed by atoms with Gasteiger partial charge in [-0.05, 0) is 75.3 Å². The van der Waals surface area contributed by atoms with Crippen LogP contribution in [0.4, 0.5) is 0 Å². The van der Waals surface area contributed by atoms with Gasteiger partial charge in [0.2, 0.25) is 0 Å². The Balaban J connectivity index is 1.35. The minimum Gasteiger partial charge on any atom is -0.292 e. The van der Waals surface area contributed by atoms with Crippen LogP contribution in [0.1, 0.15) is 23.6 Å². The smallest absolute Gasteiger partial charge is 0.146 e. The summed E-state index contributed by atoms with van der Waals surface area (Å²) in [5.74, 6) is 0.869. The predicted molar refractivity (Wildman–Crippen MR) is 209 cm³/mol. The summed E-state index contributed by atoms with van der Waals surface area (Å²) in [4.78, 5) is 5.50. The summed E-state index contributed by atoms with van der Waals surface area (Å²) in [6.45, 7) is 13.0. The van der Waals surface area contributed by atoms with E-state index in [9.17, 15) is 0 Å². The molecule has 8 aromatic rings. The maximum Gasteiger partial charge on any atom is 0.146 e. The van der Waals surface area contributed by atoms with Gasteiger partial charge >= 0.3 is 0 Å². The first kappa shape index (κ1) is 30.1. The number of benzene rings is 7. The number of fused-ring (bicyclic) bond motifs is 2. The van der Waals surface area contributed by atoms with E-state index in [-0.39, 0.29) is 0 Å². The van der Waals surface area contributed by atoms with E-state index >= 15 is 0 Å². The van der Waals surface area contributed by atoms with Gasteiger partial charge in [-0.3, -0.25) is 4.57 Å². The van der Waals surface area contributed by atoms with Crippen LogP contribution in [0.2, 0.25) is 0 Å². The normalized spacial score (nSPS) is 11.2. The zero-order valence-electron chi connectivity index (χ0n) is 27.8. The fraction of sp³-hybridized carbons (Fsp3) is 0.0426. The lowest BCUT2D eigenvalue weighted by Gasteiger charge is -2.18. The number of rotatable bonds is 7. The third-order valence-electron chi connectivity index (χ3n) is 9.51. The second-order valence-corrected chi connectivity index (χ2v) is 12.8. The lowest BCUT2D eigenvalue weighted by molar-refractivity contribution is 1.10. The van der Waals surface area contributed by atoms with Gasteiger partial charge in [0.25, 0.3) is 0 Å². The molecule has 0 N–H and O–H groups in total. The molecular weight excluding hydrogens is 593 g/mol. The Morgan fingerprint density at radius 3 is 1.59 bits per heavy atom. The molecule has 0 unspecified atom stereocenters. The third kappa shape index (κ3) is 5.58. The molecule has 0 spiro atoms. The second-order valence-electron chi connectivity index (χ2n) is 12.8. The third-order valence-corrected chi connectivity index (χ3v) is 9.51. The minimum absolute atomic E-state index is 0.866. The molecule has 0 saturated heterocycles. The van der Waals surface area contributed by atoms with E-state index in [1.54, 1.807) is 0 Å². The van der Waals surface area contributed by atoms with Gasteiger partial charge in [0.05, 0.1) is 11.4 Å². The first-order valence-electron chi connectivity index (χ1n) is 16.7. The standard InChI is InChI=1S/C47H36N2/c1-31(2)34-17-21-38(22-18-34)39-23-19-35(20-24-39)33(4)49-46(43-28-26-37-13-7-9-15-41(37)30-43)45(48-47(49)44-16-10-5-11-32(44)3)42-27-25-36-12-6-8-14-40(36)29-42/h5-30H,1,4H2,2-3H3. The van der Waals surface area contributed by atoms with Crippen LogP contribution in [0, 0.1) is 6.92 Å². The monoisotopic (exact) mass is 628 g/mol. The molecule has 234 valence electrons. The topological polar surface area (TPSA) is 17.8 Å². The summed E-state index contributed by atoms with van der Waals surface area (Å²) >= 11 is 0. The van der Waals surface area contributed by atoms with Gasteiger partial charge in [-0.2, -0.15) is 0 Å². The molecule has 0 radical (unpaired) electrons. The number of aryl methyl sites for hydroxylation is 1. The van der Waals surface area contributed by atoms with E-state index in [0.717, 1.165) is 67.4 Å². The van der Waals surface area contributed by atoms with Crippen molar-refractivity contribution in [2.24, 2.45) is 0 Å². The van der Waals surface area contributed by atoms with Crippen LogP contribution >= 0.6 is 0 Å². The van der Waals surface area contributed by atoms with E-state index in [0.29, 0.717) is 0 Å². The van der Waals surface area contributed by atoms with Crippen molar-refractivity contribution in [1.82, 2.24) is 9.55 Å². The average Bonchev–Trinajstić information content (AvgIpc) is 3.55. The Morgan fingerprint density at radius 1 is 0.510 bits per heavy atom. The molecule has 0 fully saturated rings. The van der Waals surface area contributed by atoms with E-state index in [1.807, 2.05) is 6.92 Å². The highest BCUT2D eigenvalue weighted by atomic mass is 15.1. The average molecular weight is 629 g/mol. The Labute approximate surface area is 288 Å². The van der Waals surface area contributed by atoms with E-state index in [2.05, 4.69) is 176 Å². The van der Waals surface area contributed by atoms with Crippen molar-refractivity contribution in [2.75, 3.05) is 0 Å². The Morgan fingerprint density at radius 2 is 1.00 bits per heavy atom. The molecule has 8 rings (SSSR count). The Kier molecular flexibility index (Phi) is 7.62. The zero-order chi connectivity index (χ0) is 33.5. The fourth-order valence-electron chi connectivity index (χ4n) is 6.76. The summed E-state index contributed by atoms with van der Waals surface area (Å²) in [7, 11) is 0. The quantitative estimate of drug-likeness (QED) is 0.172. The van der Waals surface area contributed by atoms with Crippen molar-refractivity contribution in [1.29, 1.82) is 0 Å². The lowest BCUT2D eigenvalue weighted by Crippen LogP contribution is -2.04. The summed E-state index contributed by atoms with van der Waals surface area (Å²) in [6, 6.07) is 56.1. The molecule has 0 aliphatic heterocycles. The van der Waals surface area contributed by atoms with Crippen molar-refractivity contribution in [3.8, 4) is 45.0 Å². The first-order chi connectivity index (χ1) is 23.9. The van der Waals surface area contributed by atoms with Gasteiger partial charge in [0.1, 0.15) is 5.82 Å². The summed E-state index contributed by atoms with van der Waals surface area (Å²) in [6.07, 6.45) is 0. The number of allylic oxidation sites excluding steroid dienone is 1. The molecule has 0 atom stereocenters. The van der Waals surface area contributed by atoms with Crippen molar-refractivity contribution >= 4 is 32.8 Å². The number of hydrogen-bond acceptors (Lipinski definition) is 1. The van der Waals surface area contributed by atoms with Gasteiger partial charge in [-0.1, -0.05) is 164 Å². The van der Waals surface area contributed by atoms with Crippen molar-refractivity contribution in [3.05, 3.63) is 188 Å². The van der Waals surface area contributed by atoms with Gasteiger partial charge in [-0.15, -0.1) is 0 Å². The van der Waals surface area contributed by atoms with Crippen molar-refractivity contribution in [2.45, 2.75) is 13.8 Å². The van der Waals surface area contributed by atoms with E-state index in [4.69, 9.17) is 11.6 Å². The molecular formula is C47H36N2. The molecule has 7 aromatic carbocycles. The molecule has 0 amide bonds. The molecule has 0 saturated carbocycles. The highest BCUT2D eigenvalue weighted by Gasteiger charge is 2.25. The van der Waals surface area contributed by atoms with E-state index < -0.39 is 0 Å². The molecule has 0 bridgehead atoms. The van der Waals surface area contributed by atoms with Crippen LogP contribution in [0.5, 0.6) is 0 Å². The molecule has 0 aliphatic rings. The van der Waals surface area contributed by atoms with Crippen LogP contribution in [0.15, 0.2) is 171 Å². The first-order valence-corrected chi connectivity index (χ1v) is 16.7. The number of aromatic nitrogens is 2. The summed E-state index contributed by atoms with van der Waals surface area (Å²) < 4.78 is 2.27. The van der Waals surface area contributed by atoms with Crippen molar-refractivity contribution < 1.29 is 0 Å². The molecule has 0 aliphatic carbocycles. The molecule has 1 heterocycles. The lowest BCUT2D eigenvalue weighted by atomic mass is 9.98. The summed E-state index contributed by atoms with van der Waals surface area (Å²) in [5, 5.41) is 4.77. The van der Waals surface area contributed by atoms with Crippen LogP contribution < -0.4 is 0 Å². The predicted octanol–water partition coefficient (Wildman–Crippen LogP) is 12.7. The fourth-order valence-corrected chi connectivity index (χ4v) is 6.76. The maximum atomic E-state index is 5.50. The van der Waals surface area contributed by atoms with Crippen LogP contribution in [-0.2, 0) is 0 Å².